The highest BCUT2D eigenvalue weighted by Gasteiger charge is 2.28. The van der Waals surface area contributed by atoms with Crippen LogP contribution in [0.5, 0.6) is 0 Å². The molecule has 5 rings (SSSR count). The van der Waals surface area contributed by atoms with Crippen molar-refractivity contribution >= 4 is 11.6 Å². The Hall–Kier alpha value is -2.37. The molecule has 30 heavy (non-hydrogen) atoms. The largest absolute Gasteiger partial charge is 0.390 e. The molecule has 0 bridgehead atoms. The minimum absolute atomic E-state index is 0.0623. The number of fused-ring (bicyclic) bond motifs is 2. The van der Waals surface area contributed by atoms with Gasteiger partial charge in [0.2, 0.25) is 0 Å². The van der Waals surface area contributed by atoms with Crippen LogP contribution in [0, 0.1) is 0 Å². The maximum Gasteiger partial charge on any atom is 0.254 e. The Kier molecular flexibility index (Phi) is 5.48. The number of hydrogen-bond acceptors (Lipinski definition) is 4. The van der Waals surface area contributed by atoms with E-state index in [1.807, 2.05) is 11.0 Å². The molecule has 0 radical (unpaired) electrons. The van der Waals surface area contributed by atoms with Gasteiger partial charge in [0, 0.05) is 57.1 Å². The highest BCUT2D eigenvalue weighted by Crippen LogP contribution is 2.27. The van der Waals surface area contributed by atoms with Gasteiger partial charge in [-0.2, -0.15) is 0 Å². The lowest BCUT2D eigenvalue weighted by Gasteiger charge is -2.34. The van der Waals surface area contributed by atoms with E-state index in [0.717, 1.165) is 50.1 Å². The maximum atomic E-state index is 13.0. The second-order valence-electron chi connectivity index (χ2n) is 8.94. The van der Waals surface area contributed by atoms with Crippen molar-refractivity contribution in [3.8, 4) is 0 Å². The van der Waals surface area contributed by atoms with Crippen molar-refractivity contribution in [1.82, 2.24) is 9.80 Å². The maximum absolute atomic E-state index is 13.0. The van der Waals surface area contributed by atoms with Crippen LogP contribution in [0.1, 0.15) is 39.9 Å². The zero-order chi connectivity index (χ0) is 20.5. The molecule has 1 saturated heterocycles. The third-order valence-electron chi connectivity index (χ3n) is 6.84. The van der Waals surface area contributed by atoms with E-state index in [-0.39, 0.29) is 5.91 Å². The Morgan fingerprint density at radius 2 is 1.63 bits per heavy atom. The van der Waals surface area contributed by atoms with Crippen molar-refractivity contribution in [1.29, 1.82) is 0 Å². The predicted octanol–water partition coefficient (Wildman–Crippen LogP) is 2.70. The first kappa shape index (κ1) is 19.6. The molecule has 3 aliphatic heterocycles. The summed E-state index contributed by atoms with van der Waals surface area (Å²) in [5.41, 5.74) is 5.98. The number of carbonyl (C=O) groups is 1. The first-order chi connectivity index (χ1) is 14.7. The van der Waals surface area contributed by atoms with E-state index in [0.29, 0.717) is 19.6 Å². The third-order valence-corrected chi connectivity index (χ3v) is 6.84. The summed E-state index contributed by atoms with van der Waals surface area (Å²) in [5, 5.41) is 10.7. The Bertz CT molecular complexity index is 922. The number of rotatable bonds is 5. The minimum atomic E-state index is -0.523. The van der Waals surface area contributed by atoms with Gasteiger partial charge in [-0.15, -0.1) is 0 Å². The molecular formula is C25H31N3O2. The van der Waals surface area contributed by atoms with Gasteiger partial charge in [-0.3, -0.25) is 9.69 Å². The van der Waals surface area contributed by atoms with Crippen molar-refractivity contribution in [3.63, 3.8) is 0 Å². The average Bonchev–Trinajstić information content (AvgIpc) is 3.30. The summed E-state index contributed by atoms with van der Waals surface area (Å²) in [6, 6.07) is 14.8. The summed E-state index contributed by atoms with van der Waals surface area (Å²) >= 11 is 0. The zero-order valence-electron chi connectivity index (χ0n) is 17.6. The van der Waals surface area contributed by atoms with Crippen LogP contribution < -0.4 is 4.90 Å². The molecule has 2 aromatic carbocycles. The van der Waals surface area contributed by atoms with Gasteiger partial charge >= 0.3 is 0 Å². The van der Waals surface area contributed by atoms with Crippen LogP contribution in [0.15, 0.2) is 42.5 Å². The molecule has 1 unspecified atom stereocenters. The molecule has 1 amide bonds. The van der Waals surface area contributed by atoms with Gasteiger partial charge in [0.25, 0.3) is 5.91 Å². The van der Waals surface area contributed by atoms with Gasteiger partial charge in [-0.25, -0.2) is 0 Å². The summed E-state index contributed by atoms with van der Waals surface area (Å²) in [6.45, 7) is 5.78. The number of β-amino-alcohol motifs (C(OH)–C–C–N with tert-alkyl or cyclic N) is 1. The fourth-order valence-electron chi connectivity index (χ4n) is 5.19. The van der Waals surface area contributed by atoms with Crippen LogP contribution in [0.2, 0.25) is 0 Å². The summed E-state index contributed by atoms with van der Waals surface area (Å²) < 4.78 is 0. The van der Waals surface area contributed by atoms with E-state index in [2.05, 4.69) is 46.2 Å². The predicted molar refractivity (Wildman–Crippen MR) is 119 cm³/mol. The molecule has 5 nitrogen and oxygen atoms in total. The van der Waals surface area contributed by atoms with E-state index >= 15 is 0 Å². The van der Waals surface area contributed by atoms with Crippen molar-refractivity contribution in [2.75, 3.05) is 44.2 Å². The first-order valence-corrected chi connectivity index (χ1v) is 11.3. The fraction of sp³-hybridized carbons (Fsp3) is 0.480. The molecule has 158 valence electrons. The second-order valence-corrected chi connectivity index (χ2v) is 8.94. The molecule has 0 saturated carbocycles. The molecule has 1 N–H and O–H groups in total. The van der Waals surface area contributed by atoms with Gasteiger partial charge < -0.3 is 14.9 Å². The van der Waals surface area contributed by atoms with Gasteiger partial charge in [0.15, 0.2) is 0 Å². The van der Waals surface area contributed by atoms with E-state index in [1.54, 1.807) is 0 Å². The number of benzene rings is 2. The summed E-state index contributed by atoms with van der Waals surface area (Å²) in [5.74, 6) is 0.0623. The summed E-state index contributed by atoms with van der Waals surface area (Å²) in [4.78, 5) is 19.6. The SMILES string of the molecule is O=C1c2ccc(N3CCCC3)cc2CCN1CC(O)CN1CCc2ccccc2C1. The Balaban J connectivity index is 1.20. The highest BCUT2D eigenvalue weighted by atomic mass is 16.3. The third kappa shape index (κ3) is 3.96. The smallest absolute Gasteiger partial charge is 0.254 e. The van der Waals surface area contributed by atoms with E-state index < -0.39 is 6.10 Å². The van der Waals surface area contributed by atoms with Crippen molar-refractivity contribution < 1.29 is 9.90 Å². The second kappa shape index (κ2) is 8.40. The molecular weight excluding hydrogens is 374 g/mol. The van der Waals surface area contributed by atoms with Gasteiger partial charge in [0.05, 0.1) is 6.10 Å². The van der Waals surface area contributed by atoms with Crippen LogP contribution >= 0.6 is 0 Å². The van der Waals surface area contributed by atoms with E-state index in [1.165, 1.54) is 29.7 Å². The molecule has 3 heterocycles. The monoisotopic (exact) mass is 405 g/mol. The number of amides is 1. The molecule has 0 aromatic heterocycles. The van der Waals surface area contributed by atoms with Crippen molar-refractivity contribution in [2.45, 2.75) is 38.3 Å². The van der Waals surface area contributed by atoms with Crippen LogP contribution in [-0.4, -0.2) is 66.2 Å². The Morgan fingerprint density at radius 3 is 2.47 bits per heavy atom. The number of hydrogen-bond donors (Lipinski definition) is 1. The number of carbonyl (C=O) groups excluding carboxylic acids is 1. The topological polar surface area (TPSA) is 47.0 Å². The molecule has 1 atom stereocenters. The Morgan fingerprint density at radius 1 is 0.867 bits per heavy atom. The van der Waals surface area contributed by atoms with E-state index in [4.69, 9.17) is 0 Å². The summed E-state index contributed by atoms with van der Waals surface area (Å²) in [6.07, 6.45) is 3.88. The minimum Gasteiger partial charge on any atom is -0.390 e. The normalized spacial score (nSPS) is 20.2. The standard InChI is InChI=1S/C25H31N3O2/c29-23(17-26-13-9-19-5-1-2-6-21(19)16-26)18-28-14-10-20-15-22(27-11-3-4-12-27)7-8-24(20)25(28)30/h1-2,5-8,15,23,29H,3-4,9-14,16-18H2. The lowest BCUT2D eigenvalue weighted by Crippen LogP contribution is -2.46. The number of nitrogens with zero attached hydrogens (tertiary/aromatic N) is 3. The zero-order valence-corrected chi connectivity index (χ0v) is 17.6. The first-order valence-electron chi connectivity index (χ1n) is 11.3. The fourth-order valence-corrected chi connectivity index (χ4v) is 5.19. The number of aliphatic hydroxyl groups excluding tert-OH is 1. The van der Waals surface area contributed by atoms with Crippen molar-refractivity contribution in [3.05, 3.63) is 64.7 Å². The summed E-state index contributed by atoms with van der Waals surface area (Å²) in [7, 11) is 0. The average molecular weight is 406 g/mol. The van der Waals surface area contributed by atoms with E-state index in [9.17, 15) is 9.90 Å². The van der Waals surface area contributed by atoms with Crippen LogP contribution in [0.25, 0.3) is 0 Å². The van der Waals surface area contributed by atoms with Gasteiger partial charge in [-0.1, -0.05) is 24.3 Å². The van der Waals surface area contributed by atoms with Crippen molar-refractivity contribution in [2.24, 2.45) is 0 Å². The molecule has 0 spiro atoms. The van der Waals surface area contributed by atoms with Gasteiger partial charge in [-0.05, 0) is 60.6 Å². The number of anilines is 1. The Labute approximate surface area is 178 Å². The molecule has 2 aromatic rings. The quantitative estimate of drug-likeness (QED) is 0.831. The molecule has 5 heteroatoms. The molecule has 1 fully saturated rings. The lowest BCUT2D eigenvalue weighted by molar-refractivity contribution is 0.0493. The highest BCUT2D eigenvalue weighted by molar-refractivity contribution is 5.97. The lowest BCUT2D eigenvalue weighted by atomic mass is 9.97. The van der Waals surface area contributed by atoms with Crippen LogP contribution in [-0.2, 0) is 19.4 Å². The number of aliphatic hydroxyl groups is 1. The van der Waals surface area contributed by atoms with Gasteiger partial charge in [0.1, 0.15) is 0 Å². The van der Waals surface area contributed by atoms with Crippen LogP contribution in [0.4, 0.5) is 5.69 Å². The molecule has 3 aliphatic rings. The van der Waals surface area contributed by atoms with Crippen LogP contribution in [0.3, 0.4) is 0 Å². The molecule has 0 aliphatic carbocycles.